The van der Waals surface area contributed by atoms with Crippen molar-refractivity contribution < 1.29 is 14.3 Å². The maximum Gasteiger partial charge on any atom is 0.321 e. The van der Waals surface area contributed by atoms with Crippen molar-refractivity contribution in [3.05, 3.63) is 64.7 Å². The fourth-order valence-corrected chi connectivity index (χ4v) is 6.04. The smallest absolute Gasteiger partial charge is 0.321 e. The monoisotopic (exact) mass is 675 g/mol. The lowest BCUT2D eigenvalue weighted by Crippen LogP contribution is -2.37. The number of carbonyl (C=O) groups excluding carboxylic acids is 1. The van der Waals surface area contributed by atoms with Crippen LogP contribution in [0.25, 0.3) is 0 Å². The highest BCUT2D eigenvalue weighted by Gasteiger charge is 2.17. The number of rotatable bonds is 20. The molecule has 0 saturated carbocycles. The molecule has 2 aromatic carbocycles. The van der Waals surface area contributed by atoms with Crippen molar-refractivity contribution in [2.75, 3.05) is 31.5 Å². The first kappa shape index (κ1) is 36.9. The highest BCUT2D eigenvalue weighted by atomic mass is 79.9. The quantitative estimate of drug-likeness (QED) is 0.142. The zero-order valence-electron chi connectivity index (χ0n) is 26.9. The topological polar surface area (TPSA) is 54.0 Å². The maximum absolute atomic E-state index is 12.8. The Kier molecular flexibility index (Phi) is 18.3. The number of hydrogen-bond donors (Lipinski definition) is 1. The third-order valence-electron chi connectivity index (χ3n) is 7.74. The number of urea groups is 1. The van der Waals surface area contributed by atoms with E-state index in [1.165, 1.54) is 81.1 Å². The van der Waals surface area contributed by atoms with E-state index in [1.54, 1.807) is 19.1 Å². The third kappa shape index (κ3) is 13.5. The van der Waals surface area contributed by atoms with Crippen LogP contribution >= 0.6 is 28.7 Å². The molecule has 1 aliphatic rings. The Balaban J connectivity index is 0.00000645. The van der Waals surface area contributed by atoms with E-state index in [9.17, 15) is 4.79 Å². The number of unbranched alkanes of at least 4 members (excludes halogenated alkanes) is 11. The van der Waals surface area contributed by atoms with Crippen molar-refractivity contribution in [3.8, 4) is 11.5 Å². The van der Waals surface area contributed by atoms with E-state index in [0.29, 0.717) is 18.9 Å². The average molecular weight is 677 g/mol. The summed E-state index contributed by atoms with van der Waals surface area (Å²) in [5.41, 5.74) is 3.05. The lowest BCUT2D eigenvalue weighted by Gasteiger charge is -2.24. The second kappa shape index (κ2) is 21.4. The molecular formula is C35H54BrN3O3S. The summed E-state index contributed by atoms with van der Waals surface area (Å²) in [6.45, 7) is 6.40. The highest BCUT2D eigenvalue weighted by molar-refractivity contribution is 8.93. The van der Waals surface area contributed by atoms with Crippen molar-refractivity contribution in [1.82, 2.24) is 10.2 Å². The van der Waals surface area contributed by atoms with Gasteiger partial charge < -0.3 is 19.7 Å². The van der Waals surface area contributed by atoms with Crippen LogP contribution in [0.5, 0.6) is 11.5 Å². The molecule has 0 radical (unpaired) electrons. The highest BCUT2D eigenvalue weighted by Crippen LogP contribution is 2.30. The summed E-state index contributed by atoms with van der Waals surface area (Å²) in [5.74, 6) is 2.44. The molecule has 0 aromatic heterocycles. The number of nitrogens with one attached hydrogen (secondary N) is 1. The van der Waals surface area contributed by atoms with E-state index in [4.69, 9.17) is 9.47 Å². The predicted molar refractivity (Wildman–Crippen MR) is 189 cm³/mol. The third-order valence-corrected chi connectivity index (χ3v) is 8.76. The molecule has 0 aliphatic carbocycles. The summed E-state index contributed by atoms with van der Waals surface area (Å²) in [4.78, 5) is 18.2. The molecule has 3 rings (SSSR count). The maximum atomic E-state index is 12.8. The molecule has 6 nitrogen and oxygen atoms in total. The van der Waals surface area contributed by atoms with E-state index in [1.807, 2.05) is 42.1 Å². The van der Waals surface area contributed by atoms with E-state index in [0.717, 1.165) is 35.8 Å². The van der Waals surface area contributed by atoms with Crippen LogP contribution in [0.2, 0.25) is 0 Å². The Morgan fingerprint density at radius 3 is 2.05 bits per heavy atom. The number of carbonyl (C=O) groups is 1. The number of anilines is 1. The summed E-state index contributed by atoms with van der Waals surface area (Å²) in [7, 11) is 3.33. The van der Waals surface area contributed by atoms with Gasteiger partial charge in [-0.25, -0.2) is 4.79 Å². The van der Waals surface area contributed by atoms with Crippen LogP contribution in [0.4, 0.5) is 10.5 Å². The zero-order valence-corrected chi connectivity index (χ0v) is 29.4. The summed E-state index contributed by atoms with van der Waals surface area (Å²) < 4.78 is 11.7. The van der Waals surface area contributed by atoms with Gasteiger partial charge in [0.15, 0.2) is 11.5 Å². The number of nitrogens with zero attached hydrogens (tertiary/aromatic N) is 2. The largest absolute Gasteiger partial charge is 0.493 e. The van der Waals surface area contributed by atoms with E-state index in [2.05, 4.69) is 42.4 Å². The zero-order chi connectivity index (χ0) is 30.0. The Morgan fingerprint density at radius 2 is 1.49 bits per heavy atom. The molecular weight excluding hydrogens is 622 g/mol. The molecule has 0 atom stereocenters. The van der Waals surface area contributed by atoms with Crippen molar-refractivity contribution >= 4 is 40.5 Å². The number of ether oxygens (including phenoxy) is 2. The van der Waals surface area contributed by atoms with E-state index < -0.39 is 0 Å². The molecule has 2 aromatic rings. The number of hydrogen-bond acceptors (Lipinski definition) is 5. The number of halogens is 1. The lowest BCUT2D eigenvalue weighted by atomic mass is 10.1. The lowest BCUT2D eigenvalue weighted by molar-refractivity contribution is 0.248. The second-order valence-corrected chi connectivity index (χ2v) is 12.5. The number of thioether (sulfide) groups is 1. The number of amides is 2. The van der Waals surface area contributed by atoms with Crippen LogP contribution in [0.1, 0.15) is 102 Å². The molecule has 240 valence electrons. The number of allylic oxidation sites excluding steroid dienone is 1. The van der Waals surface area contributed by atoms with Crippen LogP contribution in [0, 0.1) is 0 Å². The minimum atomic E-state index is -0.150. The van der Waals surface area contributed by atoms with Crippen molar-refractivity contribution in [2.24, 2.45) is 0 Å². The fourth-order valence-electron chi connectivity index (χ4n) is 5.28. The molecule has 8 heteroatoms. The van der Waals surface area contributed by atoms with Gasteiger partial charge in [-0.1, -0.05) is 95.8 Å². The summed E-state index contributed by atoms with van der Waals surface area (Å²) in [6.07, 6.45) is 18.1. The van der Waals surface area contributed by atoms with Gasteiger partial charge in [0.25, 0.3) is 0 Å². The van der Waals surface area contributed by atoms with Crippen molar-refractivity contribution in [2.45, 2.75) is 104 Å². The summed E-state index contributed by atoms with van der Waals surface area (Å²) >= 11 is 1.86. The van der Waals surface area contributed by atoms with Gasteiger partial charge in [-0.05, 0) is 53.6 Å². The SMILES string of the molecule is Br.CCCCCCCCCCCCCCOc1ccc(CN(C(=O)NC)c2ccc(CN3C=C(C)SC3)cc2)cc1OC. The molecule has 0 fully saturated rings. The Morgan fingerprint density at radius 1 is 0.884 bits per heavy atom. The standard InChI is InChI=1S/C35H53N3O3S.BrH/c1-5-6-7-8-9-10-11-12-13-14-15-16-23-41-33-22-19-31(24-34(33)40-4)27-38(35(39)36-3)32-20-17-30(18-21-32)26-37-25-29(2)42-28-37;/h17-22,24-25H,5-16,23,26-28H2,1-4H3,(H,36,39);1H. The van der Waals surface area contributed by atoms with E-state index >= 15 is 0 Å². The first-order valence-corrected chi connectivity index (χ1v) is 17.0. The molecule has 1 heterocycles. The molecule has 0 unspecified atom stereocenters. The molecule has 0 saturated heterocycles. The minimum Gasteiger partial charge on any atom is -0.493 e. The van der Waals surface area contributed by atoms with Gasteiger partial charge in [-0.3, -0.25) is 4.90 Å². The van der Waals surface area contributed by atoms with E-state index in [-0.39, 0.29) is 23.0 Å². The molecule has 1 N–H and O–H groups in total. The Bertz CT molecular complexity index is 1100. The van der Waals surface area contributed by atoms with Gasteiger partial charge in [-0.15, -0.1) is 28.7 Å². The number of methoxy groups -OCH3 is 1. The first-order valence-electron chi connectivity index (χ1n) is 16.0. The van der Waals surface area contributed by atoms with Gasteiger partial charge in [0.05, 0.1) is 26.1 Å². The van der Waals surface area contributed by atoms with Gasteiger partial charge in [0, 0.05) is 25.5 Å². The van der Waals surface area contributed by atoms with Crippen LogP contribution in [0.15, 0.2) is 53.6 Å². The molecule has 1 aliphatic heterocycles. The van der Waals surface area contributed by atoms with Crippen molar-refractivity contribution in [1.29, 1.82) is 0 Å². The van der Waals surface area contributed by atoms with Crippen molar-refractivity contribution in [3.63, 3.8) is 0 Å². The minimum absolute atomic E-state index is 0. The molecule has 0 spiro atoms. The van der Waals surface area contributed by atoms with Crippen LogP contribution in [-0.4, -0.2) is 37.6 Å². The summed E-state index contributed by atoms with van der Waals surface area (Å²) in [5, 5.41) is 2.78. The summed E-state index contributed by atoms with van der Waals surface area (Å²) in [6, 6.07) is 14.1. The van der Waals surface area contributed by atoms with Crippen LogP contribution < -0.4 is 19.7 Å². The Hall–Kier alpha value is -2.32. The number of benzene rings is 2. The molecule has 2 amide bonds. The van der Waals surface area contributed by atoms with Gasteiger partial charge >= 0.3 is 6.03 Å². The van der Waals surface area contributed by atoms with Crippen LogP contribution in [0.3, 0.4) is 0 Å². The van der Waals surface area contributed by atoms with Crippen LogP contribution in [-0.2, 0) is 13.1 Å². The first-order chi connectivity index (χ1) is 20.5. The molecule has 43 heavy (non-hydrogen) atoms. The van der Waals surface area contributed by atoms with Gasteiger partial charge in [0.1, 0.15) is 0 Å². The average Bonchev–Trinajstić information content (AvgIpc) is 3.42. The van der Waals surface area contributed by atoms with Gasteiger partial charge in [-0.2, -0.15) is 0 Å². The second-order valence-electron chi connectivity index (χ2n) is 11.3. The fraction of sp³-hybridized carbons (Fsp3) is 0.571. The normalized spacial score (nSPS) is 12.5. The molecule has 0 bridgehead atoms. The predicted octanol–water partition coefficient (Wildman–Crippen LogP) is 10.1. The Labute approximate surface area is 275 Å². The van der Waals surface area contributed by atoms with Gasteiger partial charge in [0.2, 0.25) is 0 Å².